The van der Waals surface area contributed by atoms with E-state index in [1.165, 1.54) is 5.56 Å². The van der Waals surface area contributed by atoms with Crippen LogP contribution in [0, 0.1) is 11.8 Å². The van der Waals surface area contributed by atoms with Crippen molar-refractivity contribution >= 4 is 15.9 Å². The van der Waals surface area contributed by atoms with Crippen molar-refractivity contribution < 1.29 is 0 Å². The van der Waals surface area contributed by atoms with Gasteiger partial charge in [0.2, 0.25) is 0 Å². The van der Waals surface area contributed by atoms with Crippen molar-refractivity contribution in [3.05, 3.63) is 28.5 Å². The van der Waals surface area contributed by atoms with Crippen LogP contribution in [0.4, 0.5) is 0 Å². The minimum atomic E-state index is 0.245. The number of hydrogen-bond donors (Lipinski definition) is 1. The highest BCUT2D eigenvalue weighted by Crippen LogP contribution is 2.23. The van der Waals surface area contributed by atoms with E-state index in [4.69, 9.17) is 5.73 Å². The first-order chi connectivity index (χ1) is 8.93. The van der Waals surface area contributed by atoms with E-state index in [0.29, 0.717) is 18.4 Å². The van der Waals surface area contributed by atoms with Gasteiger partial charge in [-0.25, -0.2) is 0 Å². The molecular weight excluding hydrogens is 302 g/mol. The molecule has 1 atom stereocenters. The predicted octanol–water partition coefficient (Wildman–Crippen LogP) is 3.46. The van der Waals surface area contributed by atoms with E-state index in [1.807, 2.05) is 12.4 Å². The monoisotopic (exact) mass is 327 g/mol. The minimum absolute atomic E-state index is 0.245. The van der Waals surface area contributed by atoms with Crippen LogP contribution in [0.15, 0.2) is 22.9 Å². The Morgan fingerprint density at radius 1 is 1.16 bits per heavy atom. The first kappa shape index (κ1) is 16.6. The molecule has 0 aliphatic rings. The van der Waals surface area contributed by atoms with Gasteiger partial charge in [0, 0.05) is 42.5 Å². The molecule has 1 heterocycles. The van der Waals surface area contributed by atoms with Crippen molar-refractivity contribution in [1.82, 2.24) is 9.88 Å². The topological polar surface area (TPSA) is 42.1 Å². The van der Waals surface area contributed by atoms with E-state index in [0.717, 1.165) is 17.6 Å². The smallest absolute Gasteiger partial charge is 0.0486 e. The molecule has 1 rings (SSSR count). The van der Waals surface area contributed by atoms with Crippen LogP contribution in [0.2, 0.25) is 0 Å². The molecule has 0 aliphatic carbocycles. The summed E-state index contributed by atoms with van der Waals surface area (Å²) >= 11 is 3.49. The lowest BCUT2D eigenvalue weighted by Crippen LogP contribution is -2.38. The van der Waals surface area contributed by atoms with Crippen LogP contribution < -0.4 is 5.73 Å². The Bertz CT molecular complexity index is 369. The van der Waals surface area contributed by atoms with Crippen molar-refractivity contribution in [2.24, 2.45) is 17.6 Å². The normalized spacial score (nSPS) is 13.5. The summed E-state index contributed by atoms with van der Waals surface area (Å²) < 4.78 is 1.01. The van der Waals surface area contributed by atoms with Gasteiger partial charge in [-0.3, -0.25) is 9.88 Å². The Kier molecular flexibility index (Phi) is 6.97. The molecule has 108 valence electrons. The van der Waals surface area contributed by atoms with E-state index in [2.05, 4.69) is 59.6 Å². The number of hydrogen-bond acceptors (Lipinski definition) is 3. The van der Waals surface area contributed by atoms with Crippen molar-refractivity contribution in [2.75, 3.05) is 19.6 Å². The molecule has 4 heteroatoms. The summed E-state index contributed by atoms with van der Waals surface area (Å²) in [7, 11) is 0. The third kappa shape index (κ3) is 5.59. The molecule has 19 heavy (non-hydrogen) atoms. The van der Waals surface area contributed by atoms with Crippen LogP contribution in [0.5, 0.6) is 0 Å². The minimum Gasteiger partial charge on any atom is -0.329 e. The van der Waals surface area contributed by atoms with E-state index in [1.54, 1.807) is 0 Å². The molecule has 0 radical (unpaired) electrons. The molecule has 0 aliphatic heterocycles. The first-order valence-electron chi connectivity index (χ1n) is 6.98. The number of pyridine rings is 1. The first-order valence-corrected chi connectivity index (χ1v) is 7.77. The summed E-state index contributed by atoms with van der Waals surface area (Å²) in [5.41, 5.74) is 7.22. The maximum atomic E-state index is 6.02. The molecule has 1 aromatic rings. The second-order valence-electron chi connectivity index (χ2n) is 5.93. The van der Waals surface area contributed by atoms with Gasteiger partial charge in [-0.15, -0.1) is 0 Å². The molecule has 1 aromatic heterocycles. The summed E-state index contributed by atoms with van der Waals surface area (Å²) in [5, 5.41) is 0. The van der Waals surface area contributed by atoms with Gasteiger partial charge in [-0.05, 0) is 39.4 Å². The molecule has 0 fully saturated rings. The highest BCUT2D eigenvalue weighted by molar-refractivity contribution is 9.10. The Balaban J connectivity index is 2.94. The highest BCUT2D eigenvalue weighted by atomic mass is 79.9. The zero-order valence-corrected chi connectivity index (χ0v) is 14.0. The molecule has 0 saturated heterocycles. The van der Waals surface area contributed by atoms with Gasteiger partial charge < -0.3 is 5.73 Å². The Labute approximate surface area is 125 Å². The van der Waals surface area contributed by atoms with Crippen molar-refractivity contribution in [2.45, 2.75) is 33.7 Å². The molecule has 0 spiro atoms. The quantitative estimate of drug-likeness (QED) is 0.833. The summed E-state index contributed by atoms with van der Waals surface area (Å²) in [6.45, 7) is 11.7. The third-order valence-corrected chi connectivity index (χ3v) is 3.41. The van der Waals surface area contributed by atoms with Crippen LogP contribution in [0.1, 0.15) is 39.3 Å². The average molecular weight is 328 g/mol. The SMILES string of the molecule is CC(C)CN(CC(C)C)C(CN)c1cncc(Br)c1. The number of nitrogens with two attached hydrogens (primary N) is 1. The fourth-order valence-corrected chi connectivity index (χ4v) is 2.76. The second kappa shape index (κ2) is 7.98. The van der Waals surface area contributed by atoms with Crippen molar-refractivity contribution in [3.63, 3.8) is 0 Å². The lowest BCUT2D eigenvalue weighted by molar-refractivity contribution is 0.160. The maximum Gasteiger partial charge on any atom is 0.0486 e. The predicted molar refractivity (Wildman–Crippen MR) is 85.0 cm³/mol. The van der Waals surface area contributed by atoms with E-state index >= 15 is 0 Å². The lowest BCUT2D eigenvalue weighted by atomic mass is 10.0. The van der Waals surface area contributed by atoms with Gasteiger partial charge in [-0.2, -0.15) is 0 Å². The van der Waals surface area contributed by atoms with E-state index in [9.17, 15) is 0 Å². The molecule has 0 amide bonds. The van der Waals surface area contributed by atoms with Gasteiger partial charge in [0.05, 0.1) is 0 Å². The summed E-state index contributed by atoms with van der Waals surface area (Å²) in [5.74, 6) is 1.26. The van der Waals surface area contributed by atoms with Crippen LogP contribution >= 0.6 is 15.9 Å². The summed E-state index contributed by atoms with van der Waals surface area (Å²) in [6, 6.07) is 2.37. The Morgan fingerprint density at radius 2 is 1.74 bits per heavy atom. The fourth-order valence-electron chi connectivity index (χ4n) is 2.37. The van der Waals surface area contributed by atoms with Crippen molar-refractivity contribution in [1.29, 1.82) is 0 Å². The van der Waals surface area contributed by atoms with Crippen molar-refractivity contribution in [3.8, 4) is 0 Å². The van der Waals surface area contributed by atoms with Gasteiger partial charge >= 0.3 is 0 Å². The largest absolute Gasteiger partial charge is 0.329 e. The van der Waals surface area contributed by atoms with Gasteiger partial charge in [-0.1, -0.05) is 27.7 Å². The lowest BCUT2D eigenvalue weighted by Gasteiger charge is -2.33. The van der Waals surface area contributed by atoms with Crippen LogP contribution in [-0.4, -0.2) is 29.5 Å². The molecule has 2 N–H and O–H groups in total. The zero-order chi connectivity index (χ0) is 14.4. The highest BCUT2D eigenvalue weighted by Gasteiger charge is 2.21. The zero-order valence-electron chi connectivity index (χ0n) is 12.4. The molecular formula is C15H26BrN3. The van der Waals surface area contributed by atoms with Crippen LogP contribution in [0.3, 0.4) is 0 Å². The summed E-state index contributed by atoms with van der Waals surface area (Å²) in [4.78, 5) is 6.75. The number of halogens is 1. The van der Waals surface area contributed by atoms with Crippen LogP contribution in [0.25, 0.3) is 0 Å². The number of nitrogens with zero attached hydrogens (tertiary/aromatic N) is 2. The average Bonchev–Trinajstić information content (AvgIpc) is 2.28. The summed E-state index contributed by atoms with van der Waals surface area (Å²) in [6.07, 6.45) is 3.74. The Morgan fingerprint density at radius 3 is 2.16 bits per heavy atom. The number of aromatic nitrogens is 1. The van der Waals surface area contributed by atoms with E-state index in [-0.39, 0.29) is 6.04 Å². The fraction of sp³-hybridized carbons (Fsp3) is 0.667. The van der Waals surface area contributed by atoms with Gasteiger partial charge in [0.25, 0.3) is 0 Å². The van der Waals surface area contributed by atoms with Gasteiger partial charge in [0.15, 0.2) is 0 Å². The Hall–Kier alpha value is -0.450. The van der Waals surface area contributed by atoms with E-state index < -0.39 is 0 Å². The molecule has 0 bridgehead atoms. The maximum absolute atomic E-state index is 6.02. The molecule has 0 aromatic carbocycles. The third-order valence-electron chi connectivity index (χ3n) is 2.97. The second-order valence-corrected chi connectivity index (χ2v) is 6.85. The van der Waals surface area contributed by atoms with Gasteiger partial charge in [0.1, 0.15) is 0 Å². The molecule has 1 unspecified atom stereocenters. The molecule has 0 saturated carbocycles. The standard InChI is InChI=1S/C15H26BrN3/c1-11(2)9-19(10-12(3)4)15(6-17)13-5-14(16)8-18-7-13/h5,7-8,11-12,15H,6,9-10,17H2,1-4H3. The van der Waals surface area contributed by atoms with Crippen LogP contribution in [-0.2, 0) is 0 Å². The molecule has 3 nitrogen and oxygen atoms in total. The number of rotatable bonds is 7.